The van der Waals surface area contributed by atoms with Crippen LogP contribution in [0.2, 0.25) is 0 Å². The number of pyridine rings is 1. The molecular weight excluding hydrogens is 192 g/mol. The number of carbonyl (C=O) groups is 1. The zero-order valence-corrected chi connectivity index (χ0v) is 8.48. The van der Waals surface area contributed by atoms with Crippen molar-refractivity contribution in [1.29, 1.82) is 0 Å². The summed E-state index contributed by atoms with van der Waals surface area (Å²) in [7, 11) is 0. The monoisotopic (exact) mass is 206 g/mol. The van der Waals surface area contributed by atoms with Gasteiger partial charge in [0, 0.05) is 24.9 Å². The fraction of sp³-hybridized carbons (Fsp3) is 0.455. The number of aromatic nitrogens is 1. The highest BCUT2D eigenvalue weighted by atomic mass is 16.5. The molecule has 0 aromatic carbocycles. The Bertz CT molecular complexity index is 321. The van der Waals surface area contributed by atoms with Crippen LogP contribution in [-0.2, 0) is 4.74 Å². The molecule has 0 amide bonds. The van der Waals surface area contributed by atoms with Crippen molar-refractivity contribution < 1.29 is 9.53 Å². The van der Waals surface area contributed by atoms with E-state index in [2.05, 4.69) is 10.3 Å². The van der Waals surface area contributed by atoms with Crippen molar-refractivity contribution in [2.24, 2.45) is 5.92 Å². The molecule has 15 heavy (non-hydrogen) atoms. The van der Waals surface area contributed by atoms with Crippen LogP contribution in [0.15, 0.2) is 24.5 Å². The third-order valence-corrected chi connectivity index (χ3v) is 2.53. The Morgan fingerprint density at radius 1 is 1.53 bits per heavy atom. The first kappa shape index (κ1) is 10.1. The second-order valence-electron chi connectivity index (χ2n) is 3.69. The first-order valence-electron chi connectivity index (χ1n) is 5.14. The SMILES string of the molecule is O=C(OC[C@@H]1CCNC1)c1ccncc1. The summed E-state index contributed by atoms with van der Waals surface area (Å²) < 4.78 is 5.21. The third kappa shape index (κ3) is 2.76. The minimum atomic E-state index is -0.260. The van der Waals surface area contributed by atoms with Gasteiger partial charge in [0.25, 0.3) is 0 Å². The van der Waals surface area contributed by atoms with Crippen LogP contribution < -0.4 is 5.32 Å². The van der Waals surface area contributed by atoms with E-state index in [0.717, 1.165) is 19.5 Å². The summed E-state index contributed by atoms with van der Waals surface area (Å²) in [5.74, 6) is 0.208. The average Bonchev–Trinajstić information content (AvgIpc) is 2.80. The number of carbonyl (C=O) groups excluding carboxylic acids is 1. The Kier molecular flexibility index (Phi) is 3.29. The van der Waals surface area contributed by atoms with Crippen LogP contribution in [0.25, 0.3) is 0 Å². The van der Waals surface area contributed by atoms with Crippen LogP contribution in [0.3, 0.4) is 0 Å². The molecule has 0 saturated carbocycles. The van der Waals surface area contributed by atoms with Gasteiger partial charge in [-0.05, 0) is 25.1 Å². The maximum atomic E-state index is 11.5. The predicted octanol–water partition coefficient (Wildman–Crippen LogP) is 0.848. The highest BCUT2D eigenvalue weighted by Crippen LogP contribution is 2.09. The summed E-state index contributed by atoms with van der Waals surface area (Å²) in [5.41, 5.74) is 0.566. The van der Waals surface area contributed by atoms with Crippen molar-refractivity contribution in [2.45, 2.75) is 6.42 Å². The first-order valence-corrected chi connectivity index (χ1v) is 5.14. The molecule has 2 rings (SSSR count). The van der Waals surface area contributed by atoms with E-state index in [0.29, 0.717) is 18.1 Å². The zero-order chi connectivity index (χ0) is 10.5. The molecule has 4 heteroatoms. The normalized spacial score (nSPS) is 20.1. The van der Waals surface area contributed by atoms with Crippen molar-refractivity contribution in [3.05, 3.63) is 30.1 Å². The number of hydrogen-bond donors (Lipinski definition) is 1. The molecule has 1 fully saturated rings. The molecule has 0 spiro atoms. The van der Waals surface area contributed by atoms with Crippen LogP contribution >= 0.6 is 0 Å². The Labute approximate surface area is 88.7 Å². The van der Waals surface area contributed by atoms with Gasteiger partial charge in [-0.3, -0.25) is 4.98 Å². The fourth-order valence-electron chi connectivity index (χ4n) is 1.62. The van der Waals surface area contributed by atoms with E-state index in [1.807, 2.05) is 0 Å². The molecule has 1 aromatic rings. The Morgan fingerprint density at radius 3 is 3.00 bits per heavy atom. The zero-order valence-electron chi connectivity index (χ0n) is 8.48. The molecule has 0 radical (unpaired) electrons. The topological polar surface area (TPSA) is 51.2 Å². The van der Waals surface area contributed by atoms with Crippen molar-refractivity contribution in [2.75, 3.05) is 19.7 Å². The lowest BCUT2D eigenvalue weighted by molar-refractivity contribution is 0.0450. The van der Waals surface area contributed by atoms with E-state index in [1.165, 1.54) is 0 Å². The van der Waals surface area contributed by atoms with Gasteiger partial charge in [0.2, 0.25) is 0 Å². The molecular formula is C11H14N2O2. The molecule has 4 nitrogen and oxygen atoms in total. The smallest absolute Gasteiger partial charge is 0.338 e. The van der Waals surface area contributed by atoms with Crippen LogP contribution in [0.4, 0.5) is 0 Å². The second-order valence-corrected chi connectivity index (χ2v) is 3.69. The quantitative estimate of drug-likeness (QED) is 0.745. The van der Waals surface area contributed by atoms with Gasteiger partial charge in [-0.1, -0.05) is 0 Å². The maximum Gasteiger partial charge on any atom is 0.338 e. The van der Waals surface area contributed by atoms with Gasteiger partial charge in [0.15, 0.2) is 0 Å². The first-order chi connectivity index (χ1) is 7.36. The van der Waals surface area contributed by atoms with Gasteiger partial charge >= 0.3 is 5.97 Å². The van der Waals surface area contributed by atoms with Crippen molar-refractivity contribution in [1.82, 2.24) is 10.3 Å². The fourth-order valence-corrected chi connectivity index (χ4v) is 1.62. The molecule has 2 heterocycles. The lowest BCUT2D eigenvalue weighted by Gasteiger charge is -2.08. The molecule has 1 aliphatic heterocycles. The number of nitrogens with one attached hydrogen (secondary N) is 1. The summed E-state index contributed by atoms with van der Waals surface area (Å²) in [6.45, 7) is 2.48. The van der Waals surface area contributed by atoms with Crippen LogP contribution in [0.5, 0.6) is 0 Å². The van der Waals surface area contributed by atoms with Gasteiger partial charge < -0.3 is 10.1 Å². The number of rotatable bonds is 3. The summed E-state index contributed by atoms with van der Waals surface area (Å²) in [4.78, 5) is 15.4. The molecule has 1 aliphatic rings. The van der Waals surface area contributed by atoms with Crippen molar-refractivity contribution >= 4 is 5.97 Å². The number of esters is 1. The van der Waals surface area contributed by atoms with Gasteiger partial charge in [-0.25, -0.2) is 4.79 Å². The van der Waals surface area contributed by atoms with Gasteiger partial charge in [0.1, 0.15) is 0 Å². The standard InChI is InChI=1S/C11H14N2O2/c14-11(10-2-5-12-6-3-10)15-8-9-1-4-13-7-9/h2-3,5-6,9,13H,1,4,7-8H2/t9-/m1/s1. The summed E-state index contributed by atoms with van der Waals surface area (Å²) >= 11 is 0. The summed E-state index contributed by atoms with van der Waals surface area (Å²) in [6.07, 6.45) is 4.27. The minimum Gasteiger partial charge on any atom is -0.462 e. The van der Waals surface area contributed by atoms with Gasteiger partial charge in [0.05, 0.1) is 12.2 Å². The highest BCUT2D eigenvalue weighted by molar-refractivity contribution is 5.89. The van der Waals surface area contributed by atoms with Crippen LogP contribution in [-0.4, -0.2) is 30.6 Å². The number of nitrogens with zero attached hydrogens (tertiary/aromatic N) is 1. The molecule has 1 atom stereocenters. The van der Waals surface area contributed by atoms with Crippen molar-refractivity contribution in [3.8, 4) is 0 Å². The molecule has 0 bridgehead atoms. The largest absolute Gasteiger partial charge is 0.462 e. The van der Waals surface area contributed by atoms with E-state index in [4.69, 9.17) is 4.74 Å². The summed E-state index contributed by atoms with van der Waals surface area (Å²) in [5, 5.41) is 3.23. The predicted molar refractivity (Wildman–Crippen MR) is 55.5 cm³/mol. The lowest BCUT2D eigenvalue weighted by atomic mass is 10.1. The molecule has 80 valence electrons. The van der Waals surface area contributed by atoms with E-state index < -0.39 is 0 Å². The Hall–Kier alpha value is -1.42. The molecule has 1 aromatic heterocycles. The van der Waals surface area contributed by atoms with Gasteiger partial charge in [-0.2, -0.15) is 0 Å². The van der Waals surface area contributed by atoms with E-state index in [1.54, 1.807) is 24.5 Å². The minimum absolute atomic E-state index is 0.260. The van der Waals surface area contributed by atoms with E-state index >= 15 is 0 Å². The molecule has 1 saturated heterocycles. The van der Waals surface area contributed by atoms with Crippen molar-refractivity contribution in [3.63, 3.8) is 0 Å². The maximum absolute atomic E-state index is 11.5. The lowest BCUT2D eigenvalue weighted by Crippen LogP contribution is -2.16. The third-order valence-electron chi connectivity index (χ3n) is 2.53. The molecule has 0 aliphatic carbocycles. The average molecular weight is 206 g/mol. The Balaban J connectivity index is 1.82. The summed E-state index contributed by atoms with van der Waals surface area (Å²) in [6, 6.07) is 3.32. The van der Waals surface area contributed by atoms with Crippen LogP contribution in [0, 0.1) is 5.92 Å². The van der Waals surface area contributed by atoms with E-state index in [9.17, 15) is 4.79 Å². The second kappa shape index (κ2) is 4.89. The number of ether oxygens (including phenoxy) is 1. The Morgan fingerprint density at radius 2 is 2.33 bits per heavy atom. The van der Waals surface area contributed by atoms with Crippen LogP contribution in [0.1, 0.15) is 16.8 Å². The molecule has 0 unspecified atom stereocenters. The highest BCUT2D eigenvalue weighted by Gasteiger charge is 2.16. The van der Waals surface area contributed by atoms with Gasteiger partial charge in [-0.15, -0.1) is 0 Å². The number of hydrogen-bond acceptors (Lipinski definition) is 4. The van der Waals surface area contributed by atoms with E-state index in [-0.39, 0.29) is 5.97 Å². The molecule has 1 N–H and O–H groups in total.